The van der Waals surface area contributed by atoms with Crippen LogP contribution in [0.2, 0.25) is 0 Å². The first-order valence-electron chi connectivity index (χ1n) is 2.27. The molecule has 0 saturated carbocycles. The van der Waals surface area contributed by atoms with Gasteiger partial charge in [0.15, 0.2) is 0 Å². The van der Waals surface area contributed by atoms with Gasteiger partial charge in [0.05, 0.1) is 0 Å². The van der Waals surface area contributed by atoms with E-state index in [4.69, 9.17) is 5.73 Å². The second-order valence-electron chi connectivity index (χ2n) is 1.53. The summed E-state index contributed by atoms with van der Waals surface area (Å²) in [4.78, 5) is 24.9. The summed E-state index contributed by atoms with van der Waals surface area (Å²) in [5.74, 6) is 0. The van der Waals surface area contributed by atoms with Crippen LogP contribution in [0.3, 0.4) is 0 Å². The Morgan fingerprint density at radius 2 is 2.00 bits per heavy atom. The first-order valence-corrected chi connectivity index (χ1v) is 2.27. The molecule has 0 aliphatic rings. The maximum atomic E-state index is 10.4. The summed E-state index contributed by atoms with van der Waals surface area (Å²) in [6.07, 6.45) is 1.15. The molecule has 1 radical (unpaired) electrons. The van der Waals surface area contributed by atoms with Crippen molar-refractivity contribution in [1.29, 1.82) is 0 Å². The number of hydrogen-bond donors (Lipinski definition) is 3. The molecule has 0 bridgehead atoms. The van der Waals surface area contributed by atoms with Crippen molar-refractivity contribution < 1.29 is 0 Å². The predicted molar refractivity (Wildman–Crippen MR) is 37.8 cm³/mol. The van der Waals surface area contributed by atoms with Crippen LogP contribution >= 0.6 is 0 Å². The van der Waals surface area contributed by atoms with E-state index < -0.39 is 11.2 Å². The molecule has 0 unspecified atom stereocenters. The van der Waals surface area contributed by atoms with Crippen LogP contribution in [0, 0.1) is 0 Å². The van der Waals surface area contributed by atoms with Crippen LogP contribution in [0.15, 0.2) is 15.8 Å². The maximum Gasteiger partial charge on any atom is 0.325 e. The molecule has 10 heavy (non-hydrogen) atoms. The minimum Gasteiger partial charge on any atom is -0.393 e. The van der Waals surface area contributed by atoms with Crippen LogP contribution in [0.5, 0.6) is 0 Å². The minimum absolute atomic E-state index is 0. The average Bonchev–Trinajstić information content (AvgIpc) is 1.80. The number of nitrogen functional groups attached to an aromatic ring is 1. The van der Waals surface area contributed by atoms with Crippen molar-refractivity contribution in [2.45, 2.75) is 0 Å². The number of aromatic amines is 2. The number of anilines is 1. The van der Waals surface area contributed by atoms with Gasteiger partial charge >= 0.3 is 5.69 Å². The number of nitrogens with two attached hydrogens (primary N) is 1. The Labute approximate surface area is 98.5 Å². The van der Waals surface area contributed by atoms with Crippen molar-refractivity contribution >= 4 is 57.1 Å². The third-order valence-electron chi connectivity index (χ3n) is 0.848. The smallest absolute Gasteiger partial charge is 0.325 e. The SMILES string of the molecule is Nc1c[nH]c(=O)[nH]c1=O.[K]. The van der Waals surface area contributed by atoms with E-state index in [0.29, 0.717) is 0 Å². The number of rotatable bonds is 0. The van der Waals surface area contributed by atoms with Crippen LogP contribution in [0.4, 0.5) is 5.69 Å². The fraction of sp³-hybridized carbons (Fsp3) is 0. The molecule has 1 rings (SSSR count). The third kappa shape index (κ3) is 2.39. The largest absolute Gasteiger partial charge is 0.393 e. The summed E-state index contributed by atoms with van der Waals surface area (Å²) >= 11 is 0. The Kier molecular flexibility index (Phi) is 4.14. The molecule has 1 heterocycles. The molecule has 0 aromatic carbocycles. The van der Waals surface area contributed by atoms with Crippen molar-refractivity contribution in [3.63, 3.8) is 0 Å². The van der Waals surface area contributed by atoms with Crippen molar-refractivity contribution in [2.24, 2.45) is 0 Å². The van der Waals surface area contributed by atoms with E-state index in [1.165, 1.54) is 0 Å². The summed E-state index contributed by atoms with van der Waals surface area (Å²) in [5.41, 5.74) is 3.98. The van der Waals surface area contributed by atoms with E-state index in [1.54, 1.807) is 0 Å². The van der Waals surface area contributed by atoms with Gasteiger partial charge in [-0.3, -0.25) is 9.78 Å². The summed E-state index contributed by atoms with van der Waals surface area (Å²) in [5, 5.41) is 0. The summed E-state index contributed by atoms with van der Waals surface area (Å²) in [7, 11) is 0. The van der Waals surface area contributed by atoms with E-state index >= 15 is 0 Å². The van der Waals surface area contributed by atoms with Crippen LogP contribution in [0.25, 0.3) is 0 Å². The van der Waals surface area contributed by atoms with Gasteiger partial charge in [-0.2, -0.15) is 0 Å². The summed E-state index contributed by atoms with van der Waals surface area (Å²) < 4.78 is 0. The molecule has 6 heteroatoms. The van der Waals surface area contributed by atoms with Crippen molar-refractivity contribution in [3.05, 3.63) is 27.0 Å². The molecular weight excluding hydrogens is 161 g/mol. The maximum absolute atomic E-state index is 10.4. The Hall–Kier alpha value is 0.116. The molecule has 0 fully saturated rings. The van der Waals surface area contributed by atoms with Gasteiger partial charge in [0.1, 0.15) is 5.69 Å². The number of aromatic nitrogens is 2. The van der Waals surface area contributed by atoms with Gasteiger partial charge in [0.2, 0.25) is 0 Å². The van der Waals surface area contributed by atoms with E-state index in [9.17, 15) is 9.59 Å². The topological polar surface area (TPSA) is 91.7 Å². The van der Waals surface area contributed by atoms with Crippen LogP contribution in [-0.4, -0.2) is 61.4 Å². The zero-order chi connectivity index (χ0) is 6.85. The third-order valence-corrected chi connectivity index (χ3v) is 0.848. The van der Waals surface area contributed by atoms with Crippen LogP contribution in [-0.2, 0) is 0 Å². The second kappa shape index (κ2) is 4.09. The van der Waals surface area contributed by atoms with Gasteiger partial charge in [-0.1, -0.05) is 0 Å². The molecule has 4 N–H and O–H groups in total. The van der Waals surface area contributed by atoms with Crippen molar-refractivity contribution in [1.82, 2.24) is 9.97 Å². The molecular formula is C4H5KN3O2. The molecule has 0 atom stereocenters. The number of nitrogens with one attached hydrogen (secondary N) is 2. The molecule has 1 aromatic heterocycles. The van der Waals surface area contributed by atoms with Crippen LogP contribution in [0.1, 0.15) is 0 Å². The van der Waals surface area contributed by atoms with Gasteiger partial charge in [-0.25, -0.2) is 4.79 Å². The molecule has 0 amide bonds. The quantitative estimate of drug-likeness (QED) is 0.400. The Morgan fingerprint density at radius 1 is 1.40 bits per heavy atom. The average molecular weight is 166 g/mol. The first-order chi connectivity index (χ1) is 4.20. The Bertz CT molecular complexity index is 315. The molecule has 1 aromatic rings. The monoisotopic (exact) mass is 166 g/mol. The molecule has 49 valence electrons. The summed E-state index contributed by atoms with van der Waals surface area (Å²) in [6, 6.07) is 0. The van der Waals surface area contributed by atoms with Crippen molar-refractivity contribution in [3.8, 4) is 0 Å². The van der Waals surface area contributed by atoms with E-state index in [2.05, 4.69) is 4.98 Å². The van der Waals surface area contributed by atoms with Gasteiger partial charge in [0.25, 0.3) is 5.56 Å². The molecule has 0 saturated heterocycles. The zero-order valence-corrected chi connectivity index (χ0v) is 8.59. The molecule has 0 spiro atoms. The van der Waals surface area contributed by atoms with Gasteiger partial charge in [0, 0.05) is 57.6 Å². The van der Waals surface area contributed by atoms with E-state index in [1.807, 2.05) is 4.98 Å². The van der Waals surface area contributed by atoms with Crippen molar-refractivity contribution in [2.75, 3.05) is 5.73 Å². The molecule has 5 nitrogen and oxygen atoms in total. The van der Waals surface area contributed by atoms with E-state index in [-0.39, 0.29) is 57.1 Å². The van der Waals surface area contributed by atoms with Crippen LogP contribution < -0.4 is 17.0 Å². The minimum atomic E-state index is -0.557. The number of H-pyrrole nitrogens is 2. The van der Waals surface area contributed by atoms with Gasteiger partial charge in [-0.15, -0.1) is 0 Å². The summed E-state index contributed by atoms with van der Waals surface area (Å²) in [6.45, 7) is 0. The van der Waals surface area contributed by atoms with E-state index in [0.717, 1.165) is 6.20 Å². The number of hydrogen-bond acceptors (Lipinski definition) is 3. The Morgan fingerprint density at radius 3 is 2.40 bits per heavy atom. The fourth-order valence-electron chi connectivity index (χ4n) is 0.420. The fourth-order valence-corrected chi connectivity index (χ4v) is 0.420. The Balaban J connectivity index is 0.000000810. The van der Waals surface area contributed by atoms with Gasteiger partial charge < -0.3 is 10.7 Å². The predicted octanol–water partition coefficient (Wildman–Crippen LogP) is -1.74. The second-order valence-corrected chi connectivity index (χ2v) is 1.53. The molecule has 0 aliphatic heterocycles. The normalized spacial score (nSPS) is 8.40. The van der Waals surface area contributed by atoms with Gasteiger partial charge in [-0.05, 0) is 0 Å². The standard InChI is InChI=1S/C4H5N3O2.K/c5-2-1-6-4(9)7-3(2)8;/h1H,5H2,(H2,6,7,8,9);. The zero-order valence-electron chi connectivity index (χ0n) is 5.47. The molecule has 0 aliphatic carbocycles. The first kappa shape index (κ1) is 10.1.